The maximum Gasteiger partial charge on any atom is 0.0713 e. The van der Waals surface area contributed by atoms with Gasteiger partial charge in [0, 0.05) is 17.1 Å². The van der Waals surface area contributed by atoms with Crippen LogP contribution in [0.3, 0.4) is 0 Å². The van der Waals surface area contributed by atoms with Gasteiger partial charge in [-0.05, 0) is 143 Å². The lowest BCUT2D eigenvalue weighted by atomic mass is 9.67. The molecular weight excluding hydrogens is 795 g/mol. The standard InChI is InChI=1S/C65H45N/c1-5-18-46(19-6-1)54-41-55(47-20-7-2-8-21-47)44-60(43-54)66(59-29-17-24-51(42-59)52-33-32-48-22-13-14-23-50(48)40-52)58-37-34-49(35-38-58)53-36-39-62-61-30-15-16-31-63(61)65(64(62)45-53,56-25-9-3-10-26-56)57-27-11-4-12-28-57/h1-45H. The van der Waals surface area contributed by atoms with E-state index in [1.807, 2.05) is 0 Å². The number of benzene rings is 11. The third-order valence-corrected chi connectivity index (χ3v) is 13.5. The summed E-state index contributed by atoms with van der Waals surface area (Å²) in [7, 11) is 0. The molecule has 0 aliphatic heterocycles. The lowest BCUT2D eigenvalue weighted by molar-refractivity contribution is 0.769. The van der Waals surface area contributed by atoms with Crippen LogP contribution in [-0.2, 0) is 5.41 Å². The van der Waals surface area contributed by atoms with Gasteiger partial charge in [-0.15, -0.1) is 0 Å². The van der Waals surface area contributed by atoms with Gasteiger partial charge in [0.2, 0.25) is 0 Å². The summed E-state index contributed by atoms with van der Waals surface area (Å²) in [4.78, 5) is 2.42. The first-order valence-electron chi connectivity index (χ1n) is 22.8. The van der Waals surface area contributed by atoms with E-state index in [1.165, 1.54) is 88.7 Å². The van der Waals surface area contributed by atoms with Crippen molar-refractivity contribution < 1.29 is 0 Å². The average molecular weight is 840 g/mol. The van der Waals surface area contributed by atoms with E-state index >= 15 is 0 Å². The molecule has 66 heavy (non-hydrogen) atoms. The van der Waals surface area contributed by atoms with E-state index in [-0.39, 0.29) is 0 Å². The highest BCUT2D eigenvalue weighted by molar-refractivity contribution is 5.91. The fraction of sp³-hybridized carbons (Fsp3) is 0.0154. The molecule has 11 aromatic carbocycles. The Morgan fingerprint density at radius 3 is 1.36 bits per heavy atom. The summed E-state index contributed by atoms with van der Waals surface area (Å²) < 4.78 is 0. The zero-order valence-electron chi connectivity index (χ0n) is 36.4. The predicted octanol–water partition coefficient (Wildman–Crippen LogP) is 17.3. The Labute approximate surface area is 387 Å². The first-order chi connectivity index (χ1) is 32.7. The third kappa shape index (κ3) is 6.81. The van der Waals surface area contributed by atoms with Crippen LogP contribution in [0.5, 0.6) is 0 Å². The predicted molar refractivity (Wildman–Crippen MR) is 278 cm³/mol. The van der Waals surface area contributed by atoms with Crippen molar-refractivity contribution in [2.24, 2.45) is 0 Å². The van der Waals surface area contributed by atoms with E-state index in [9.17, 15) is 0 Å². The van der Waals surface area contributed by atoms with Crippen molar-refractivity contribution in [3.8, 4) is 55.6 Å². The van der Waals surface area contributed by atoms with Crippen LogP contribution in [0.25, 0.3) is 66.4 Å². The molecule has 1 aliphatic rings. The van der Waals surface area contributed by atoms with Crippen LogP contribution in [0.4, 0.5) is 17.1 Å². The molecule has 0 bridgehead atoms. The van der Waals surface area contributed by atoms with Crippen molar-refractivity contribution in [3.63, 3.8) is 0 Å². The molecule has 0 amide bonds. The minimum Gasteiger partial charge on any atom is -0.310 e. The molecule has 310 valence electrons. The summed E-state index contributed by atoms with van der Waals surface area (Å²) in [6, 6.07) is 100. The maximum absolute atomic E-state index is 2.45. The largest absolute Gasteiger partial charge is 0.310 e. The number of hydrogen-bond donors (Lipinski definition) is 0. The molecule has 0 saturated carbocycles. The van der Waals surface area contributed by atoms with Gasteiger partial charge in [-0.3, -0.25) is 0 Å². The Hall–Kier alpha value is -8.52. The maximum atomic E-state index is 2.45. The Morgan fingerprint density at radius 1 is 0.227 bits per heavy atom. The van der Waals surface area contributed by atoms with Crippen LogP contribution in [0.2, 0.25) is 0 Å². The van der Waals surface area contributed by atoms with Crippen LogP contribution < -0.4 is 4.90 Å². The van der Waals surface area contributed by atoms with Gasteiger partial charge in [0.25, 0.3) is 0 Å². The first kappa shape index (κ1) is 39.1. The lowest BCUT2D eigenvalue weighted by Crippen LogP contribution is -2.28. The van der Waals surface area contributed by atoms with Crippen molar-refractivity contribution in [3.05, 3.63) is 295 Å². The van der Waals surface area contributed by atoms with E-state index in [4.69, 9.17) is 0 Å². The van der Waals surface area contributed by atoms with Crippen molar-refractivity contribution >= 4 is 27.8 Å². The highest BCUT2D eigenvalue weighted by atomic mass is 15.1. The third-order valence-electron chi connectivity index (χ3n) is 13.5. The fourth-order valence-corrected chi connectivity index (χ4v) is 10.4. The smallest absolute Gasteiger partial charge is 0.0713 e. The summed E-state index contributed by atoms with van der Waals surface area (Å²) in [6.45, 7) is 0. The molecule has 0 N–H and O–H groups in total. The van der Waals surface area contributed by atoms with Gasteiger partial charge in [0.1, 0.15) is 0 Å². The van der Waals surface area contributed by atoms with Gasteiger partial charge in [-0.25, -0.2) is 0 Å². The molecule has 11 aromatic rings. The van der Waals surface area contributed by atoms with Crippen molar-refractivity contribution in [2.75, 3.05) is 4.90 Å². The van der Waals surface area contributed by atoms with Crippen LogP contribution in [0.15, 0.2) is 273 Å². The number of rotatable bonds is 9. The molecular formula is C65H45N. The summed E-state index contributed by atoms with van der Waals surface area (Å²) in [6.07, 6.45) is 0. The van der Waals surface area contributed by atoms with Crippen LogP contribution in [0.1, 0.15) is 22.3 Å². The second-order valence-corrected chi connectivity index (χ2v) is 17.3. The van der Waals surface area contributed by atoms with Gasteiger partial charge in [0.15, 0.2) is 0 Å². The van der Waals surface area contributed by atoms with E-state index < -0.39 is 5.41 Å². The molecule has 1 aliphatic carbocycles. The Morgan fingerprint density at radius 2 is 0.697 bits per heavy atom. The molecule has 0 unspecified atom stereocenters. The molecule has 0 radical (unpaired) electrons. The quantitative estimate of drug-likeness (QED) is 0.140. The van der Waals surface area contributed by atoms with Crippen molar-refractivity contribution in [1.82, 2.24) is 0 Å². The van der Waals surface area contributed by atoms with Gasteiger partial charge < -0.3 is 4.90 Å². The summed E-state index contributed by atoms with van der Waals surface area (Å²) >= 11 is 0. The van der Waals surface area contributed by atoms with E-state index in [1.54, 1.807) is 0 Å². The minimum atomic E-state index is -0.461. The second-order valence-electron chi connectivity index (χ2n) is 17.3. The summed E-state index contributed by atoms with van der Waals surface area (Å²) in [5.41, 5.74) is 19.9. The Bertz CT molecular complexity index is 3410. The highest BCUT2D eigenvalue weighted by Crippen LogP contribution is 2.56. The fourth-order valence-electron chi connectivity index (χ4n) is 10.4. The minimum absolute atomic E-state index is 0.461. The Kier molecular flexibility index (Phi) is 9.81. The van der Waals surface area contributed by atoms with E-state index in [0.717, 1.165) is 17.1 Å². The second kappa shape index (κ2) is 16.6. The molecule has 1 nitrogen and oxygen atoms in total. The zero-order chi connectivity index (χ0) is 43.9. The van der Waals surface area contributed by atoms with Gasteiger partial charge in [-0.1, -0.05) is 218 Å². The normalized spacial score (nSPS) is 12.4. The number of anilines is 3. The molecule has 0 heterocycles. The van der Waals surface area contributed by atoms with Crippen LogP contribution in [-0.4, -0.2) is 0 Å². The Balaban J connectivity index is 1.02. The van der Waals surface area contributed by atoms with Gasteiger partial charge in [0.05, 0.1) is 5.41 Å². The number of hydrogen-bond acceptors (Lipinski definition) is 1. The average Bonchev–Trinajstić information content (AvgIpc) is 3.70. The molecule has 12 rings (SSSR count). The number of fused-ring (bicyclic) bond motifs is 4. The van der Waals surface area contributed by atoms with Crippen molar-refractivity contribution in [2.45, 2.75) is 5.41 Å². The van der Waals surface area contributed by atoms with E-state index in [2.05, 4.69) is 278 Å². The van der Waals surface area contributed by atoms with Crippen LogP contribution >= 0.6 is 0 Å². The van der Waals surface area contributed by atoms with Crippen LogP contribution in [0, 0.1) is 0 Å². The summed E-state index contributed by atoms with van der Waals surface area (Å²) in [5.74, 6) is 0. The number of nitrogens with zero attached hydrogens (tertiary/aromatic N) is 1. The topological polar surface area (TPSA) is 3.24 Å². The monoisotopic (exact) mass is 839 g/mol. The van der Waals surface area contributed by atoms with E-state index in [0.29, 0.717) is 0 Å². The molecule has 0 atom stereocenters. The molecule has 0 aromatic heterocycles. The molecule has 0 fully saturated rings. The highest BCUT2D eigenvalue weighted by Gasteiger charge is 2.46. The molecule has 1 heteroatoms. The van der Waals surface area contributed by atoms with Gasteiger partial charge in [-0.2, -0.15) is 0 Å². The van der Waals surface area contributed by atoms with Gasteiger partial charge >= 0.3 is 0 Å². The SMILES string of the molecule is c1ccc(-c2cc(-c3ccccc3)cc(N(c3ccc(-c4ccc5c(c4)C(c4ccccc4)(c4ccccc4)c4ccccc4-5)cc3)c3cccc(-c4ccc5ccccc5c4)c3)c2)cc1. The zero-order valence-corrected chi connectivity index (χ0v) is 36.4. The molecule has 0 spiro atoms. The summed E-state index contributed by atoms with van der Waals surface area (Å²) in [5, 5.41) is 2.47. The first-order valence-corrected chi connectivity index (χ1v) is 22.8. The lowest BCUT2D eigenvalue weighted by Gasteiger charge is -2.34. The molecule has 0 saturated heterocycles. The van der Waals surface area contributed by atoms with Crippen molar-refractivity contribution in [1.29, 1.82) is 0 Å².